The fourth-order valence-corrected chi connectivity index (χ4v) is 6.16. The lowest BCUT2D eigenvalue weighted by atomic mass is 9.78. The lowest BCUT2D eigenvalue weighted by Gasteiger charge is -2.37. The second-order valence-corrected chi connectivity index (χ2v) is 11.4. The topological polar surface area (TPSA) is 141 Å². The van der Waals surface area contributed by atoms with E-state index in [1.165, 1.54) is 25.7 Å². The van der Waals surface area contributed by atoms with Crippen molar-refractivity contribution < 1.29 is 37.1 Å². The van der Waals surface area contributed by atoms with Gasteiger partial charge in [-0.15, -0.1) is 0 Å². The Labute approximate surface area is 212 Å². The third-order valence-corrected chi connectivity index (χ3v) is 7.95. The highest BCUT2D eigenvalue weighted by atomic mass is 19.4. The second-order valence-electron chi connectivity index (χ2n) is 11.4. The van der Waals surface area contributed by atoms with Gasteiger partial charge in [0, 0.05) is 30.8 Å². The molecule has 0 aliphatic carbocycles. The average molecular weight is 528 g/mol. The van der Waals surface area contributed by atoms with Crippen LogP contribution in [-0.2, 0) is 23.9 Å². The summed E-state index contributed by atoms with van der Waals surface area (Å²) in [6.07, 6.45) is -3.55. The Morgan fingerprint density at radius 1 is 1.16 bits per heavy atom. The van der Waals surface area contributed by atoms with Crippen LogP contribution in [0.15, 0.2) is 0 Å². The van der Waals surface area contributed by atoms with E-state index in [0.29, 0.717) is 19.4 Å². The van der Waals surface area contributed by atoms with Gasteiger partial charge in [-0.05, 0) is 31.1 Å². The van der Waals surface area contributed by atoms with E-state index in [0.717, 1.165) is 6.42 Å². The van der Waals surface area contributed by atoms with E-state index in [4.69, 9.17) is 4.74 Å². The van der Waals surface area contributed by atoms with Crippen molar-refractivity contribution in [3.63, 3.8) is 0 Å². The molecule has 204 valence electrons. The van der Waals surface area contributed by atoms with Gasteiger partial charge in [0.15, 0.2) is 0 Å². The van der Waals surface area contributed by atoms with E-state index in [-0.39, 0.29) is 42.9 Å². The fourth-order valence-electron chi connectivity index (χ4n) is 6.16. The van der Waals surface area contributed by atoms with Crippen LogP contribution in [0.1, 0.15) is 46.5 Å². The molecule has 3 N–H and O–H groups in total. The number of rotatable bonds is 6. The van der Waals surface area contributed by atoms with Gasteiger partial charge in [-0.1, -0.05) is 20.8 Å². The number of alkyl halides is 3. The predicted molar refractivity (Wildman–Crippen MR) is 121 cm³/mol. The van der Waals surface area contributed by atoms with Gasteiger partial charge in [0.05, 0.1) is 18.3 Å². The maximum absolute atomic E-state index is 13.7. The zero-order valence-electron chi connectivity index (χ0n) is 20.9. The molecule has 4 aliphatic rings. The van der Waals surface area contributed by atoms with Crippen LogP contribution in [0.25, 0.3) is 0 Å². The molecule has 8 atom stereocenters. The molecular weight excluding hydrogens is 495 g/mol. The number of amides is 4. The molecule has 4 rings (SSSR count). The smallest absolute Gasteiger partial charge is 0.374 e. The maximum Gasteiger partial charge on any atom is 0.471 e. The molecular formula is C24H32F3N5O5. The van der Waals surface area contributed by atoms with Crippen LogP contribution in [0.3, 0.4) is 0 Å². The van der Waals surface area contributed by atoms with Crippen LogP contribution >= 0.6 is 0 Å². The van der Waals surface area contributed by atoms with Gasteiger partial charge in [0.2, 0.25) is 17.7 Å². The number of carbonyl (C=O) groups excluding carboxylic acids is 4. The van der Waals surface area contributed by atoms with E-state index in [9.17, 15) is 37.6 Å². The lowest BCUT2D eigenvalue weighted by molar-refractivity contribution is -0.176. The van der Waals surface area contributed by atoms with Gasteiger partial charge in [-0.3, -0.25) is 19.2 Å². The molecule has 4 saturated heterocycles. The van der Waals surface area contributed by atoms with Gasteiger partial charge in [0.25, 0.3) is 0 Å². The minimum Gasteiger partial charge on any atom is -0.374 e. The number of nitrogens with one attached hydrogen (secondary N) is 3. The summed E-state index contributed by atoms with van der Waals surface area (Å²) in [6.45, 7) is 5.18. The van der Waals surface area contributed by atoms with E-state index in [1.807, 2.05) is 11.4 Å². The summed E-state index contributed by atoms with van der Waals surface area (Å²) in [5, 5.41) is 16.8. The molecule has 37 heavy (non-hydrogen) atoms. The molecule has 4 heterocycles. The summed E-state index contributed by atoms with van der Waals surface area (Å²) >= 11 is 0. The maximum atomic E-state index is 13.7. The lowest BCUT2D eigenvalue weighted by Crippen LogP contribution is -2.60. The number of nitriles is 1. The predicted octanol–water partition coefficient (Wildman–Crippen LogP) is 0.619. The van der Waals surface area contributed by atoms with Gasteiger partial charge in [-0.2, -0.15) is 18.4 Å². The highest BCUT2D eigenvalue weighted by Crippen LogP contribution is 2.50. The van der Waals surface area contributed by atoms with Crippen LogP contribution in [0, 0.1) is 34.5 Å². The SMILES string of the molecule is CC(C)(C)[C@H](NC(=O)C(F)(F)F)C(=O)N1C[C@H]2[C@@H]([C@H]1C(=O)N[C@H](C#N)C[C@@H]1CCNC1=O)[C@H]1CC[C@@H]2O1. The first-order chi connectivity index (χ1) is 17.2. The van der Waals surface area contributed by atoms with Gasteiger partial charge in [0.1, 0.15) is 18.1 Å². The van der Waals surface area contributed by atoms with Crippen LogP contribution in [0.2, 0.25) is 0 Å². The van der Waals surface area contributed by atoms with Crippen molar-refractivity contribution in [2.75, 3.05) is 13.1 Å². The Kier molecular flexibility index (Phi) is 7.18. The quantitative estimate of drug-likeness (QED) is 0.463. The van der Waals surface area contributed by atoms with E-state index in [2.05, 4.69) is 10.6 Å². The highest BCUT2D eigenvalue weighted by Gasteiger charge is 2.61. The number of fused-ring (bicyclic) bond motifs is 5. The first-order valence-corrected chi connectivity index (χ1v) is 12.5. The summed E-state index contributed by atoms with van der Waals surface area (Å²) in [7, 11) is 0. The molecule has 4 fully saturated rings. The zero-order chi connectivity index (χ0) is 27.3. The molecule has 10 nitrogen and oxygen atoms in total. The van der Waals surface area contributed by atoms with Crippen LogP contribution in [0.4, 0.5) is 13.2 Å². The van der Waals surface area contributed by atoms with Crippen molar-refractivity contribution >= 4 is 23.6 Å². The molecule has 0 unspecified atom stereocenters. The Morgan fingerprint density at radius 3 is 2.41 bits per heavy atom. The number of ether oxygens (including phenoxy) is 1. The summed E-state index contributed by atoms with van der Waals surface area (Å²) in [5.74, 6) is -4.81. The Bertz CT molecular complexity index is 1010. The molecule has 0 radical (unpaired) electrons. The van der Waals surface area contributed by atoms with Gasteiger partial charge < -0.3 is 25.6 Å². The normalized spacial score (nSPS) is 32.4. The molecule has 0 saturated carbocycles. The van der Waals surface area contributed by atoms with Crippen LogP contribution in [-0.4, -0.2) is 78.1 Å². The zero-order valence-corrected chi connectivity index (χ0v) is 20.9. The Morgan fingerprint density at radius 2 is 1.84 bits per heavy atom. The first-order valence-electron chi connectivity index (χ1n) is 12.5. The third kappa shape index (κ3) is 5.26. The third-order valence-electron chi connectivity index (χ3n) is 7.95. The van der Waals surface area contributed by atoms with Crippen molar-refractivity contribution in [3.05, 3.63) is 0 Å². The Hall–Kier alpha value is -2.88. The number of likely N-dealkylation sites (tertiary alicyclic amines) is 1. The van der Waals surface area contributed by atoms with Crippen LogP contribution in [0.5, 0.6) is 0 Å². The molecule has 0 aromatic carbocycles. The van der Waals surface area contributed by atoms with Crippen molar-refractivity contribution in [1.29, 1.82) is 5.26 Å². The number of halogens is 3. The first kappa shape index (κ1) is 27.2. The van der Waals surface area contributed by atoms with Crippen molar-refractivity contribution in [3.8, 4) is 6.07 Å². The molecule has 0 aromatic rings. The van der Waals surface area contributed by atoms with Crippen molar-refractivity contribution in [1.82, 2.24) is 20.9 Å². The Balaban J connectivity index is 1.58. The summed E-state index contributed by atoms with van der Waals surface area (Å²) in [5.41, 5.74) is -1.09. The monoisotopic (exact) mass is 527 g/mol. The van der Waals surface area contributed by atoms with Gasteiger partial charge in [-0.25, -0.2) is 0 Å². The minimum atomic E-state index is -5.18. The molecule has 4 aliphatic heterocycles. The minimum absolute atomic E-state index is 0.0967. The largest absolute Gasteiger partial charge is 0.471 e. The fraction of sp³-hybridized carbons (Fsp3) is 0.792. The number of carbonyl (C=O) groups is 4. The summed E-state index contributed by atoms with van der Waals surface area (Å²) in [4.78, 5) is 52.3. The van der Waals surface area contributed by atoms with Crippen molar-refractivity contribution in [2.45, 2.75) is 83.0 Å². The van der Waals surface area contributed by atoms with Crippen LogP contribution < -0.4 is 16.0 Å². The number of nitrogens with zero attached hydrogens (tertiary/aromatic N) is 2. The van der Waals surface area contributed by atoms with E-state index >= 15 is 0 Å². The number of hydrogen-bond acceptors (Lipinski definition) is 6. The van der Waals surface area contributed by atoms with Crippen molar-refractivity contribution in [2.24, 2.45) is 23.2 Å². The molecule has 0 spiro atoms. The summed E-state index contributed by atoms with van der Waals surface area (Å²) in [6, 6.07) is -1.60. The molecule has 4 amide bonds. The molecule has 13 heteroatoms. The highest BCUT2D eigenvalue weighted by molar-refractivity contribution is 5.94. The molecule has 0 aromatic heterocycles. The molecule has 2 bridgehead atoms. The number of hydrogen-bond donors (Lipinski definition) is 3. The van der Waals surface area contributed by atoms with E-state index in [1.54, 1.807) is 0 Å². The van der Waals surface area contributed by atoms with Gasteiger partial charge >= 0.3 is 12.1 Å². The summed E-state index contributed by atoms with van der Waals surface area (Å²) < 4.78 is 45.1. The second kappa shape index (κ2) is 9.78. The average Bonchev–Trinajstić information content (AvgIpc) is 3.57. The van der Waals surface area contributed by atoms with E-state index < -0.39 is 53.4 Å². The standard InChI is InChI=1S/C24H32F3N5O5/c1-23(2,3)18(31-22(36)24(25,26)27)21(35)32-10-13-14-4-5-15(37-14)16(13)17(32)20(34)30-12(9-28)8-11-6-7-29-19(11)33/h11-18H,4-8,10H2,1-3H3,(H,29,33)(H,30,34)(H,31,36)/t11-,12-,13+,14-,15+,16+,17-,18+/m0/s1.